The van der Waals surface area contributed by atoms with Gasteiger partial charge in [0, 0.05) is 13.1 Å². The van der Waals surface area contributed by atoms with Crippen molar-refractivity contribution in [3.05, 3.63) is 41.6 Å². The van der Waals surface area contributed by atoms with Gasteiger partial charge in [-0.2, -0.15) is 5.10 Å². The van der Waals surface area contributed by atoms with Gasteiger partial charge in [0.05, 0.1) is 21.4 Å². The molecule has 6 nitrogen and oxygen atoms in total. The fraction of sp³-hybridized carbons (Fsp3) is 0.333. The van der Waals surface area contributed by atoms with E-state index in [0.29, 0.717) is 5.88 Å². The molecule has 118 valence electrons. The number of aryl methyl sites for hydroxylation is 2. The first-order valence-corrected chi connectivity index (χ1v) is 8.33. The number of hydrogen-bond acceptors (Lipinski definition) is 5. The number of hydrogen-bond donors (Lipinski definition) is 0. The summed E-state index contributed by atoms with van der Waals surface area (Å²) >= 11 is 0. The maximum atomic E-state index is 12.1. The molecule has 0 bridgehead atoms. The lowest BCUT2D eigenvalue weighted by molar-refractivity contribution is 0.0720. The number of esters is 1. The number of nitrogens with zero attached hydrogens (tertiary/aromatic N) is 2. The Bertz CT molecular complexity index is 789. The highest BCUT2D eigenvalue weighted by atomic mass is 32.2. The van der Waals surface area contributed by atoms with Gasteiger partial charge in [-0.05, 0) is 45.0 Å². The molecule has 0 amide bonds. The highest BCUT2D eigenvalue weighted by molar-refractivity contribution is 7.92. The minimum absolute atomic E-state index is 0.190. The van der Waals surface area contributed by atoms with E-state index >= 15 is 0 Å². The van der Waals surface area contributed by atoms with Crippen LogP contribution in [0.3, 0.4) is 0 Å². The minimum Gasteiger partial charge on any atom is -0.404 e. The highest BCUT2D eigenvalue weighted by Gasteiger charge is 2.20. The van der Waals surface area contributed by atoms with Crippen molar-refractivity contribution in [2.45, 2.75) is 30.9 Å². The van der Waals surface area contributed by atoms with E-state index in [-0.39, 0.29) is 10.5 Å². The summed E-state index contributed by atoms with van der Waals surface area (Å²) in [6.07, 6.45) is 0. The lowest BCUT2D eigenvalue weighted by atomic mass is 10.2. The molecule has 0 unspecified atom stereocenters. The Labute approximate surface area is 129 Å². The van der Waals surface area contributed by atoms with Crippen molar-refractivity contribution < 1.29 is 17.9 Å². The number of aromatic nitrogens is 2. The second kappa shape index (κ2) is 5.92. The minimum atomic E-state index is -3.35. The summed E-state index contributed by atoms with van der Waals surface area (Å²) in [6, 6.07) is 7.37. The summed E-state index contributed by atoms with van der Waals surface area (Å²) in [5, 5.41) is 3.57. The van der Waals surface area contributed by atoms with E-state index in [4.69, 9.17) is 4.74 Å². The Hall–Kier alpha value is -2.15. The molecule has 0 fully saturated rings. The van der Waals surface area contributed by atoms with Gasteiger partial charge in [0.2, 0.25) is 5.88 Å². The van der Waals surface area contributed by atoms with E-state index in [0.717, 1.165) is 5.69 Å². The second-order valence-electron chi connectivity index (χ2n) is 5.26. The normalized spacial score (nSPS) is 11.7. The molecule has 0 saturated heterocycles. The van der Waals surface area contributed by atoms with Gasteiger partial charge in [0.15, 0.2) is 9.84 Å². The summed E-state index contributed by atoms with van der Waals surface area (Å²) in [4.78, 5) is 12.2. The maximum Gasteiger partial charge on any atom is 0.344 e. The van der Waals surface area contributed by atoms with Crippen molar-refractivity contribution in [3.8, 4) is 5.88 Å². The molecule has 1 heterocycles. The van der Waals surface area contributed by atoms with Crippen LogP contribution in [0, 0.1) is 6.92 Å². The van der Waals surface area contributed by atoms with Crippen molar-refractivity contribution in [2.24, 2.45) is 7.05 Å². The van der Waals surface area contributed by atoms with Crippen LogP contribution in [0.1, 0.15) is 29.9 Å². The van der Waals surface area contributed by atoms with Gasteiger partial charge in [-0.1, -0.05) is 0 Å². The van der Waals surface area contributed by atoms with Crippen molar-refractivity contribution >= 4 is 15.8 Å². The van der Waals surface area contributed by atoms with Gasteiger partial charge in [0.25, 0.3) is 0 Å². The Morgan fingerprint density at radius 2 is 1.82 bits per heavy atom. The number of carbonyl (C=O) groups excluding carboxylic acids is 1. The third-order valence-corrected chi connectivity index (χ3v) is 5.37. The maximum absolute atomic E-state index is 12.1. The molecule has 0 atom stereocenters. The van der Waals surface area contributed by atoms with Gasteiger partial charge >= 0.3 is 5.97 Å². The molecule has 0 spiro atoms. The van der Waals surface area contributed by atoms with E-state index in [1.165, 1.54) is 28.9 Å². The summed E-state index contributed by atoms with van der Waals surface area (Å²) in [5.74, 6) is -0.224. The Balaban J connectivity index is 2.20. The Kier molecular flexibility index (Phi) is 4.37. The van der Waals surface area contributed by atoms with Gasteiger partial charge in [-0.15, -0.1) is 0 Å². The Morgan fingerprint density at radius 1 is 1.23 bits per heavy atom. The molecule has 1 aromatic heterocycles. The largest absolute Gasteiger partial charge is 0.404 e. The smallest absolute Gasteiger partial charge is 0.344 e. The molecule has 2 rings (SSSR count). The van der Waals surface area contributed by atoms with E-state index in [1.807, 2.05) is 0 Å². The van der Waals surface area contributed by atoms with Crippen molar-refractivity contribution in [2.75, 3.05) is 0 Å². The monoisotopic (exact) mass is 322 g/mol. The molecule has 0 aliphatic heterocycles. The van der Waals surface area contributed by atoms with E-state index in [2.05, 4.69) is 5.10 Å². The first kappa shape index (κ1) is 16.2. The number of rotatable bonds is 4. The van der Waals surface area contributed by atoms with Gasteiger partial charge < -0.3 is 4.74 Å². The molecular formula is C15H18N2O4S. The molecule has 0 N–H and O–H groups in total. The molecule has 1 aromatic carbocycles. The number of sulfone groups is 1. The van der Waals surface area contributed by atoms with Crippen molar-refractivity contribution in [1.82, 2.24) is 9.78 Å². The summed E-state index contributed by atoms with van der Waals surface area (Å²) in [6.45, 7) is 5.02. The van der Waals surface area contributed by atoms with Crippen LogP contribution >= 0.6 is 0 Å². The van der Waals surface area contributed by atoms with E-state index < -0.39 is 21.1 Å². The van der Waals surface area contributed by atoms with Crippen LogP contribution in [0.15, 0.2) is 35.2 Å². The predicted octanol–water partition coefficient (Wildman–Crippen LogP) is 2.13. The summed E-state index contributed by atoms with van der Waals surface area (Å²) in [5.41, 5.74) is 1.02. The van der Waals surface area contributed by atoms with Crippen LogP contribution in [0.5, 0.6) is 5.88 Å². The third kappa shape index (κ3) is 3.19. The lowest BCUT2D eigenvalue weighted by Crippen LogP contribution is -2.15. The van der Waals surface area contributed by atoms with Gasteiger partial charge in [0.1, 0.15) is 0 Å². The molecule has 0 radical (unpaired) electrons. The number of benzene rings is 1. The van der Waals surface area contributed by atoms with E-state index in [9.17, 15) is 13.2 Å². The third-order valence-electron chi connectivity index (χ3n) is 3.20. The lowest BCUT2D eigenvalue weighted by Gasteiger charge is -2.08. The average molecular weight is 322 g/mol. The zero-order valence-corrected chi connectivity index (χ0v) is 13.7. The fourth-order valence-electron chi connectivity index (χ4n) is 1.89. The van der Waals surface area contributed by atoms with Crippen LogP contribution < -0.4 is 4.74 Å². The molecule has 0 aliphatic rings. The van der Waals surface area contributed by atoms with Crippen molar-refractivity contribution in [3.63, 3.8) is 0 Å². The highest BCUT2D eigenvalue weighted by Crippen LogP contribution is 2.18. The molecule has 22 heavy (non-hydrogen) atoms. The van der Waals surface area contributed by atoms with Crippen LogP contribution in [-0.4, -0.2) is 29.4 Å². The molecule has 0 saturated carbocycles. The molecule has 2 aromatic rings. The molecular weight excluding hydrogens is 304 g/mol. The SMILES string of the molecule is Cc1cc(OC(=O)c2ccc(S(=O)(=O)C(C)C)cc2)n(C)n1. The van der Waals surface area contributed by atoms with Crippen LogP contribution in [-0.2, 0) is 16.9 Å². The van der Waals surface area contributed by atoms with Crippen LogP contribution in [0.4, 0.5) is 0 Å². The van der Waals surface area contributed by atoms with Crippen LogP contribution in [0.25, 0.3) is 0 Å². The topological polar surface area (TPSA) is 78.3 Å². The average Bonchev–Trinajstić information content (AvgIpc) is 2.76. The molecule has 0 aliphatic carbocycles. The number of ether oxygens (including phenoxy) is 1. The first-order chi connectivity index (χ1) is 10.2. The quantitative estimate of drug-likeness (QED) is 0.806. The van der Waals surface area contributed by atoms with Gasteiger partial charge in [-0.3, -0.25) is 0 Å². The Morgan fingerprint density at radius 3 is 2.27 bits per heavy atom. The first-order valence-electron chi connectivity index (χ1n) is 6.78. The second-order valence-corrected chi connectivity index (χ2v) is 7.76. The summed E-state index contributed by atoms with van der Waals surface area (Å²) in [7, 11) is -1.67. The molecule has 7 heteroatoms. The fourth-order valence-corrected chi connectivity index (χ4v) is 2.95. The predicted molar refractivity (Wildman–Crippen MR) is 81.7 cm³/mol. The summed E-state index contributed by atoms with van der Waals surface area (Å²) < 4.78 is 30.7. The zero-order chi connectivity index (χ0) is 16.5. The van der Waals surface area contributed by atoms with Gasteiger partial charge in [-0.25, -0.2) is 17.9 Å². The zero-order valence-electron chi connectivity index (χ0n) is 12.9. The standard InChI is InChI=1S/C15H18N2O4S/c1-10(2)22(19,20)13-7-5-12(6-8-13)15(18)21-14-9-11(3)16-17(14)4/h5-10H,1-4H3. The number of carbonyl (C=O) groups is 1. The van der Waals surface area contributed by atoms with Crippen molar-refractivity contribution in [1.29, 1.82) is 0 Å². The van der Waals surface area contributed by atoms with Crippen LogP contribution in [0.2, 0.25) is 0 Å². The van der Waals surface area contributed by atoms with E-state index in [1.54, 1.807) is 33.9 Å².